The van der Waals surface area contributed by atoms with Crippen LogP contribution in [0.25, 0.3) is 0 Å². The highest BCUT2D eigenvalue weighted by Gasteiger charge is 2.44. The summed E-state index contributed by atoms with van der Waals surface area (Å²) in [5, 5.41) is 3.93. The van der Waals surface area contributed by atoms with Gasteiger partial charge in [0.05, 0.1) is 16.5 Å². The number of hydrogen-bond donors (Lipinski definition) is 3. The van der Waals surface area contributed by atoms with Crippen molar-refractivity contribution >= 4 is 24.0 Å². The second kappa shape index (κ2) is 6.61. The van der Waals surface area contributed by atoms with Crippen LogP contribution in [-0.2, 0) is 24.8 Å². The first-order valence-corrected chi connectivity index (χ1v) is 10.7. The number of nitrogens with zero attached hydrogens (tertiary/aromatic N) is 1. The van der Waals surface area contributed by atoms with Gasteiger partial charge in [-0.2, -0.15) is 0 Å². The van der Waals surface area contributed by atoms with Gasteiger partial charge in [0.2, 0.25) is 10.0 Å². The van der Waals surface area contributed by atoms with Crippen LogP contribution in [0.4, 0.5) is 0 Å². The Morgan fingerprint density at radius 3 is 2.15 bits per heavy atom. The largest absolute Gasteiger partial charge is 0.414 e. The maximum absolute atomic E-state index is 12.0. The number of hydrogen-bond acceptors (Lipinski definition) is 5. The lowest BCUT2D eigenvalue weighted by atomic mass is 9.72. The minimum atomic E-state index is -4.94. The molecule has 0 saturated heterocycles. The fraction of sp³-hybridized carbons (Fsp3) is 0.188. The van der Waals surface area contributed by atoms with E-state index in [4.69, 9.17) is 14.6 Å². The molecule has 0 aromatic heterocycles. The summed E-state index contributed by atoms with van der Waals surface area (Å²) in [6, 6.07) is 15.3. The average Bonchev–Trinajstić information content (AvgIpc) is 2.96. The third-order valence-corrected chi connectivity index (χ3v) is 7.05. The lowest BCUT2D eigenvalue weighted by molar-refractivity contribution is 0.0736. The number of oxime groups is 1. The summed E-state index contributed by atoms with van der Waals surface area (Å²) in [6.45, 7) is 1.86. The Bertz CT molecular complexity index is 972. The van der Waals surface area contributed by atoms with Crippen LogP contribution >= 0.6 is 7.75 Å². The standard InChI is InChI=1S/C16H17N2O6PS/c1-12-16(11-17-24-12,13-5-3-2-4-6-13)14-7-9-15(10-8-14)26(22,23)18-25(19,20)21/h2-12H,1H3,(H3,18,19,20,21). The van der Waals surface area contributed by atoms with E-state index >= 15 is 0 Å². The second-order valence-electron chi connectivity index (χ2n) is 5.88. The molecule has 3 N–H and O–H groups in total. The van der Waals surface area contributed by atoms with Gasteiger partial charge >= 0.3 is 7.75 Å². The van der Waals surface area contributed by atoms with Gasteiger partial charge < -0.3 is 14.6 Å². The Morgan fingerprint density at radius 2 is 1.65 bits per heavy atom. The quantitative estimate of drug-likeness (QED) is 0.661. The molecule has 0 radical (unpaired) electrons. The summed E-state index contributed by atoms with van der Waals surface area (Å²) in [6.07, 6.45) is 1.35. The fourth-order valence-electron chi connectivity index (χ4n) is 3.01. The highest BCUT2D eigenvalue weighted by molar-refractivity contribution is 7.94. The van der Waals surface area contributed by atoms with Crippen molar-refractivity contribution in [2.75, 3.05) is 0 Å². The summed E-state index contributed by atoms with van der Waals surface area (Å²) in [4.78, 5) is 22.8. The van der Waals surface area contributed by atoms with Gasteiger partial charge in [-0.15, -0.1) is 4.49 Å². The molecule has 0 saturated carbocycles. The van der Waals surface area contributed by atoms with Crippen LogP contribution in [0.15, 0.2) is 64.6 Å². The van der Waals surface area contributed by atoms with Gasteiger partial charge in [-0.25, -0.2) is 13.0 Å². The van der Waals surface area contributed by atoms with Crippen molar-refractivity contribution in [3.63, 3.8) is 0 Å². The lowest BCUT2D eigenvalue weighted by Gasteiger charge is -2.30. The molecule has 0 fully saturated rings. The first-order chi connectivity index (χ1) is 12.2. The molecule has 26 heavy (non-hydrogen) atoms. The predicted octanol–water partition coefficient (Wildman–Crippen LogP) is 1.75. The predicted molar refractivity (Wildman–Crippen MR) is 95.1 cm³/mol. The highest BCUT2D eigenvalue weighted by Crippen LogP contribution is 2.39. The third-order valence-electron chi connectivity index (χ3n) is 4.25. The number of nitrogens with one attached hydrogen (secondary N) is 1. The second-order valence-corrected chi connectivity index (χ2v) is 9.18. The fourth-order valence-corrected chi connectivity index (χ4v) is 5.18. The van der Waals surface area contributed by atoms with E-state index in [0.29, 0.717) is 0 Å². The van der Waals surface area contributed by atoms with E-state index in [0.717, 1.165) is 11.1 Å². The molecule has 10 heteroatoms. The van der Waals surface area contributed by atoms with Crippen molar-refractivity contribution in [3.8, 4) is 0 Å². The molecule has 8 nitrogen and oxygen atoms in total. The molecule has 1 aliphatic heterocycles. The summed E-state index contributed by atoms with van der Waals surface area (Å²) in [5.74, 6) is 0. The Balaban J connectivity index is 2.04. The van der Waals surface area contributed by atoms with Gasteiger partial charge in [0.15, 0.2) is 0 Å². The Morgan fingerprint density at radius 1 is 1.08 bits per heavy atom. The normalized spacial score (nSPS) is 23.0. The van der Waals surface area contributed by atoms with Crippen molar-refractivity contribution in [3.05, 3.63) is 65.7 Å². The number of benzene rings is 2. The maximum Gasteiger partial charge on any atom is 0.414 e. The first-order valence-electron chi connectivity index (χ1n) is 7.61. The van der Waals surface area contributed by atoms with Crippen LogP contribution in [0.2, 0.25) is 0 Å². The average molecular weight is 396 g/mol. The van der Waals surface area contributed by atoms with Crippen molar-refractivity contribution in [2.45, 2.75) is 23.3 Å². The van der Waals surface area contributed by atoms with E-state index < -0.39 is 23.2 Å². The molecule has 0 amide bonds. The zero-order chi connectivity index (χ0) is 19.0. The van der Waals surface area contributed by atoms with Crippen molar-refractivity contribution < 1.29 is 27.6 Å². The van der Waals surface area contributed by atoms with Gasteiger partial charge in [-0.1, -0.05) is 47.6 Å². The zero-order valence-corrected chi connectivity index (χ0v) is 15.4. The molecule has 3 rings (SSSR count). The molecule has 0 bridgehead atoms. The van der Waals surface area contributed by atoms with Gasteiger partial charge in [-0.3, -0.25) is 0 Å². The van der Waals surface area contributed by atoms with Gasteiger partial charge in [-0.05, 0) is 30.2 Å². The molecular weight excluding hydrogens is 379 g/mol. The van der Waals surface area contributed by atoms with E-state index in [1.807, 2.05) is 37.3 Å². The monoisotopic (exact) mass is 396 g/mol. The van der Waals surface area contributed by atoms with Crippen molar-refractivity contribution in [1.29, 1.82) is 0 Å². The summed E-state index contributed by atoms with van der Waals surface area (Å²) >= 11 is 0. The Kier molecular flexibility index (Phi) is 4.76. The number of sulfonamides is 1. The van der Waals surface area contributed by atoms with Crippen molar-refractivity contribution in [1.82, 2.24) is 4.49 Å². The molecular formula is C16H17N2O6PS. The molecule has 2 aromatic rings. The maximum atomic E-state index is 12.0. The van der Waals surface area contributed by atoms with E-state index in [9.17, 15) is 13.0 Å². The molecule has 2 atom stereocenters. The van der Waals surface area contributed by atoms with Gasteiger partial charge in [0.1, 0.15) is 6.10 Å². The van der Waals surface area contributed by atoms with Crippen LogP contribution in [0.1, 0.15) is 18.1 Å². The summed E-state index contributed by atoms with van der Waals surface area (Å²) in [7, 11) is -9.27. The first kappa shape index (κ1) is 18.8. The molecule has 1 heterocycles. The SMILES string of the molecule is CC1ON=CC1(c1ccccc1)c1ccc(S(=O)(=O)NP(=O)(O)O)cc1. The van der Waals surface area contributed by atoms with Gasteiger partial charge in [0, 0.05) is 0 Å². The third kappa shape index (κ3) is 3.44. The summed E-state index contributed by atoms with van der Waals surface area (Å²) < 4.78 is 36.4. The van der Waals surface area contributed by atoms with Crippen LogP contribution in [0, 0.1) is 0 Å². The smallest absolute Gasteiger partial charge is 0.391 e. The molecule has 2 unspecified atom stereocenters. The number of rotatable bonds is 5. The van der Waals surface area contributed by atoms with E-state index in [2.05, 4.69) is 5.16 Å². The minimum Gasteiger partial charge on any atom is -0.391 e. The molecule has 0 spiro atoms. The van der Waals surface area contributed by atoms with Crippen LogP contribution in [0.5, 0.6) is 0 Å². The van der Waals surface area contributed by atoms with E-state index in [1.54, 1.807) is 18.3 Å². The topological polar surface area (TPSA) is 125 Å². The van der Waals surface area contributed by atoms with E-state index in [1.165, 1.54) is 16.6 Å². The highest BCUT2D eigenvalue weighted by atomic mass is 32.2. The van der Waals surface area contributed by atoms with Crippen molar-refractivity contribution in [2.24, 2.45) is 5.16 Å². The van der Waals surface area contributed by atoms with Crippen LogP contribution in [0.3, 0.4) is 0 Å². The molecule has 0 aliphatic carbocycles. The Hall–Kier alpha value is -2.03. The van der Waals surface area contributed by atoms with Gasteiger partial charge in [0.25, 0.3) is 0 Å². The van der Waals surface area contributed by atoms with Crippen LogP contribution < -0.4 is 4.49 Å². The van der Waals surface area contributed by atoms with Crippen LogP contribution in [-0.4, -0.2) is 30.5 Å². The summed E-state index contributed by atoms with van der Waals surface area (Å²) in [5.41, 5.74) is 0.977. The Labute approximate surface area is 150 Å². The minimum absolute atomic E-state index is 0.253. The van der Waals surface area contributed by atoms with E-state index in [-0.39, 0.29) is 11.0 Å². The lowest BCUT2D eigenvalue weighted by Crippen LogP contribution is -2.37. The molecule has 2 aromatic carbocycles. The molecule has 138 valence electrons. The zero-order valence-electron chi connectivity index (χ0n) is 13.7. The molecule has 1 aliphatic rings.